The molecule has 1 aliphatic rings. The van der Waals surface area contributed by atoms with Gasteiger partial charge in [0.2, 0.25) is 5.89 Å². The van der Waals surface area contributed by atoms with Gasteiger partial charge in [0, 0.05) is 25.7 Å². The quantitative estimate of drug-likeness (QED) is 0.835. The highest BCUT2D eigenvalue weighted by atomic mass is 16.5. The topological polar surface area (TPSA) is 76.1 Å². The molecule has 0 spiro atoms. The molecule has 0 radical (unpaired) electrons. The van der Waals surface area contributed by atoms with E-state index >= 15 is 0 Å². The molecule has 0 amide bonds. The van der Waals surface area contributed by atoms with Gasteiger partial charge in [0.15, 0.2) is 5.82 Å². The highest BCUT2D eigenvalue weighted by Crippen LogP contribution is 2.23. The van der Waals surface area contributed by atoms with Crippen LogP contribution >= 0.6 is 0 Å². The summed E-state index contributed by atoms with van der Waals surface area (Å²) in [6.45, 7) is 9.67. The number of aromatic nitrogens is 5. The summed E-state index contributed by atoms with van der Waals surface area (Å²) < 4.78 is 7.33. The monoisotopic (exact) mass is 305 g/mol. The lowest BCUT2D eigenvalue weighted by Crippen LogP contribution is -2.46. The van der Waals surface area contributed by atoms with Crippen LogP contribution in [0.4, 0.5) is 0 Å². The molecule has 2 aromatic heterocycles. The van der Waals surface area contributed by atoms with E-state index < -0.39 is 0 Å². The van der Waals surface area contributed by atoms with Gasteiger partial charge in [-0.3, -0.25) is 9.80 Å². The predicted molar refractivity (Wildman–Crippen MR) is 80.1 cm³/mol. The van der Waals surface area contributed by atoms with Crippen molar-refractivity contribution in [3.05, 3.63) is 23.9 Å². The average molecular weight is 305 g/mol. The fourth-order valence-corrected chi connectivity index (χ4v) is 2.81. The first-order chi connectivity index (χ1) is 10.5. The summed E-state index contributed by atoms with van der Waals surface area (Å²) in [5, 5.41) is 8.21. The predicted octanol–water partition coefficient (Wildman–Crippen LogP) is 1.04. The Balaban J connectivity index is 1.72. The highest BCUT2D eigenvalue weighted by Gasteiger charge is 2.30. The van der Waals surface area contributed by atoms with Gasteiger partial charge in [-0.15, -0.1) is 0 Å². The zero-order valence-corrected chi connectivity index (χ0v) is 13.6. The maximum atomic E-state index is 5.36. The summed E-state index contributed by atoms with van der Waals surface area (Å²) in [6.07, 6.45) is 1.63. The Morgan fingerprint density at radius 3 is 2.86 bits per heavy atom. The average Bonchev–Trinajstić information content (AvgIpc) is 3.10. The fraction of sp³-hybridized carbons (Fsp3) is 0.714. The van der Waals surface area contributed by atoms with Crippen molar-refractivity contribution in [1.82, 2.24) is 34.7 Å². The van der Waals surface area contributed by atoms with Crippen molar-refractivity contribution in [1.29, 1.82) is 0 Å². The van der Waals surface area contributed by atoms with E-state index in [9.17, 15) is 0 Å². The third kappa shape index (κ3) is 3.02. The molecule has 0 N–H and O–H groups in total. The van der Waals surface area contributed by atoms with Crippen LogP contribution in [-0.4, -0.2) is 61.4 Å². The van der Waals surface area contributed by atoms with Crippen LogP contribution in [0, 0.1) is 6.92 Å². The molecule has 0 aromatic carbocycles. The maximum absolute atomic E-state index is 5.36. The Kier molecular flexibility index (Phi) is 4.21. The molecule has 22 heavy (non-hydrogen) atoms. The van der Waals surface area contributed by atoms with Gasteiger partial charge in [0.05, 0.1) is 6.54 Å². The normalized spacial score (nSPS) is 20.9. The Labute approximate surface area is 130 Å². The molecule has 0 saturated carbocycles. The number of likely N-dealkylation sites (N-methyl/N-ethyl adjacent to an activating group) is 1. The largest absolute Gasteiger partial charge is 0.338 e. The van der Waals surface area contributed by atoms with Crippen LogP contribution in [0.15, 0.2) is 10.9 Å². The molecule has 0 bridgehead atoms. The van der Waals surface area contributed by atoms with E-state index in [0.29, 0.717) is 17.8 Å². The van der Waals surface area contributed by atoms with E-state index in [1.807, 2.05) is 11.6 Å². The van der Waals surface area contributed by atoms with E-state index in [4.69, 9.17) is 4.52 Å². The van der Waals surface area contributed by atoms with E-state index in [1.54, 1.807) is 6.33 Å². The summed E-state index contributed by atoms with van der Waals surface area (Å²) in [7, 11) is 2.10. The summed E-state index contributed by atoms with van der Waals surface area (Å²) >= 11 is 0. The Hall–Kier alpha value is -1.80. The van der Waals surface area contributed by atoms with E-state index in [1.165, 1.54) is 0 Å². The van der Waals surface area contributed by atoms with Crippen molar-refractivity contribution in [3.63, 3.8) is 0 Å². The molecule has 3 heterocycles. The Morgan fingerprint density at radius 1 is 1.36 bits per heavy atom. The van der Waals surface area contributed by atoms with Crippen molar-refractivity contribution in [2.45, 2.75) is 39.4 Å². The van der Waals surface area contributed by atoms with Gasteiger partial charge in [-0.2, -0.15) is 10.1 Å². The number of hydrogen-bond acceptors (Lipinski definition) is 7. The number of rotatable bonds is 4. The Bertz CT molecular complexity index is 620. The molecule has 1 saturated heterocycles. The zero-order chi connectivity index (χ0) is 15.7. The number of hydrogen-bond donors (Lipinski definition) is 0. The minimum atomic E-state index is 0.130. The first kappa shape index (κ1) is 15.1. The van der Waals surface area contributed by atoms with Gasteiger partial charge < -0.3 is 4.52 Å². The van der Waals surface area contributed by atoms with Gasteiger partial charge in [0.25, 0.3) is 0 Å². The van der Waals surface area contributed by atoms with E-state index in [-0.39, 0.29) is 6.04 Å². The second kappa shape index (κ2) is 6.13. The third-order valence-electron chi connectivity index (χ3n) is 4.06. The molecule has 0 aliphatic carbocycles. The van der Waals surface area contributed by atoms with Gasteiger partial charge in [-0.1, -0.05) is 5.16 Å². The lowest BCUT2D eigenvalue weighted by atomic mass is 10.1. The van der Waals surface area contributed by atoms with E-state index in [0.717, 1.165) is 32.0 Å². The van der Waals surface area contributed by atoms with Crippen LogP contribution in [0.1, 0.15) is 43.5 Å². The van der Waals surface area contributed by atoms with E-state index in [2.05, 4.69) is 50.9 Å². The maximum Gasteiger partial charge on any atom is 0.245 e. The van der Waals surface area contributed by atoms with Crippen LogP contribution in [0.5, 0.6) is 0 Å². The summed E-state index contributed by atoms with van der Waals surface area (Å²) in [4.78, 5) is 13.4. The summed E-state index contributed by atoms with van der Waals surface area (Å²) in [5.41, 5.74) is 0. The SMILES string of the molecule is Cc1noc(C2CN(Cc3ncnn3C(C)C)CCN2C)n1. The molecule has 1 aliphatic heterocycles. The summed E-state index contributed by atoms with van der Waals surface area (Å²) in [5.74, 6) is 2.37. The highest BCUT2D eigenvalue weighted by molar-refractivity contribution is 4.97. The lowest BCUT2D eigenvalue weighted by Gasteiger charge is -2.37. The van der Waals surface area contributed by atoms with Gasteiger partial charge in [0.1, 0.15) is 18.2 Å². The number of aryl methyl sites for hydroxylation is 1. The molecule has 8 heteroatoms. The molecule has 120 valence electrons. The molecular weight excluding hydrogens is 282 g/mol. The van der Waals surface area contributed by atoms with Gasteiger partial charge in [-0.05, 0) is 27.8 Å². The van der Waals surface area contributed by atoms with Gasteiger partial charge >= 0.3 is 0 Å². The van der Waals surface area contributed by atoms with Crippen molar-refractivity contribution >= 4 is 0 Å². The lowest BCUT2D eigenvalue weighted by molar-refractivity contribution is 0.0688. The fourth-order valence-electron chi connectivity index (χ4n) is 2.81. The Morgan fingerprint density at radius 2 is 2.18 bits per heavy atom. The van der Waals surface area contributed by atoms with Crippen LogP contribution in [-0.2, 0) is 6.54 Å². The molecule has 1 unspecified atom stereocenters. The van der Waals surface area contributed by atoms with Crippen LogP contribution in [0.3, 0.4) is 0 Å². The number of piperazine rings is 1. The van der Waals surface area contributed by atoms with Crippen molar-refractivity contribution < 1.29 is 4.52 Å². The van der Waals surface area contributed by atoms with Crippen LogP contribution < -0.4 is 0 Å². The minimum absolute atomic E-state index is 0.130. The van der Waals surface area contributed by atoms with Crippen LogP contribution in [0.25, 0.3) is 0 Å². The molecule has 2 aromatic rings. The number of nitrogens with zero attached hydrogens (tertiary/aromatic N) is 7. The van der Waals surface area contributed by atoms with Crippen molar-refractivity contribution in [3.8, 4) is 0 Å². The standard InChI is InChI=1S/C14H23N7O/c1-10(2)21-13(15-9-16-21)8-20-6-5-19(4)12(7-20)14-17-11(3)18-22-14/h9-10,12H,5-8H2,1-4H3. The zero-order valence-electron chi connectivity index (χ0n) is 13.6. The molecule has 3 rings (SSSR count). The molecule has 1 fully saturated rings. The first-order valence-electron chi connectivity index (χ1n) is 7.65. The smallest absolute Gasteiger partial charge is 0.245 e. The van der Waals surface area contributed by atoms with Gasteiger partial charge in [-0.25, -0.2) is 9.67 Å². The van der Waals surface area contributed by atoms with Crippen molar-refractivity contribution in [2.24, 2.45) is 0 Å². The molecule has 1 atom stereocenters. The van der Waals surface area contributed by atoms with Crippen molar-refractivity contribution in [2.75, 3.05) is 26.7 Å². The van der Waals surface area contributed by atoms with Crippen LogP contribution in [0.2, 0.25) is 0 Å². The molecular formula is C14H23N7O. The second-order valence-corrected chi connectivity index (χ2v) is 6.13. The first-order valence-corrected chi connectivity index (χ1v) is 7.65. The minimum Gasteiger partial charge on any atom is -0.338 e. The third-order valence-corrected chi connectivity index (χ3v) is 4.06. The second-order valence-electron chi connectivity index (χ2n) is 6.13. The molecule has 8 nitrogen and oxygen atoms in total. The summed E-state index contributed by atoms with van der Waals surface area (Å²) in [6, 6.07) is 0.449.